The van der Waals surface area contributed by atoms with Gasteiger partial charge in [0.2, 0.25) is 10.0 Å². The van der Waals surface area contributed by atoms with Crippen molar-refractivity contribution < 1.29 is 13.2 Å². The highest BCUT2D eigenvalue weighted by atomic mass is 35.5. The minimum atomic E-state index is -3.75. The molecule has 1 amide bonds. The lowest BCUT2D eigenvalue weighted by Crippen LogP contribution is -2.23. The first-order valence-corrected chi connectivity index (χ1v) is 10.0. The summed E-state index contributed by atoms with van der Waals surface area (Å²) >= 11 is 5.91. The second-order valence-corrected chi connectivity index (χ2v) is 8.01. The average molecular weight is 401 g/mol. The molecular weight excluding hydrogens is 384 g/mol. The van der Waals surface area contributed by atoms with E-state index in [4.69, 9.17) is 11.6 Å². The minimum absolute atomic E-state index is 0.0252. The van der Waals surface area contributed by atoms with E-state index in [1.807, 2.05) is 30.3 Å². The Kier molecular flexibility index (Phi) is 5.91. The van der Waals surface area contributed by atoms with Crippen LogP contribution in [0.4, 0.5) is 5.69 Å². The predicted octanol–water partition coefficient (Wildman–Crippen LogP) is 4.07. The highest BCUT2D eigenvalue weighted by molar-refractivity contribution is 7.89. The van der Waals surface area contributed by atoms with E-state index >= 15 is 0 Å². The number of hydrogen-bond donors (Lipinski definition) is 2. The highest BCUT2D eigenvalue weighted by Gasteiger charge is 2.16. The van der Waals surface area contributed by atoms with Crippen molar-refractivity contribution in [3.63, 3.8) is 0 Å². The van der Waals surface area contributed by atoms with Crippen LogP contribution in [0.1, 0.15) is 15.9 Å². The van der Waals surface area contributed by atoms with Crippen molar-refractivity contribution in [3.05, 3.63) is 95.0 Å². The Morgan fingerprint density at radius 3 is 2.37 bits per heavy atom. The van der Waals surface area contributed by atoms with Crippen LogP contribution in [0.15, 0.2) is 83.8 Å². The Bertz CT molecular complexity index is 1050. The Labute approximate surface area is 163 Å². The quantitative estimate of drug-likeness (QED) is 0.654. The fourth-order valence-corrected chi connectivity index (χ4v) is 3.69. The first-order chi connectivity index (χ1) is 12.9. The predicted molar refractivity (Wildman–Crippen MR) is 106 cm³/mol. The van der Waals surface area contributed by atoms with E-state index in [1.165, 1.54) is 18.2 Å². The fraction of sp³-hybridized carbons (Fsp3) is 0.0500. The lowest BCUT2D eigenvalue weighted by atomic mass is 10.2. The van der Waals surface area contributed by atoms with Gasteiger partial charge >= 0.3 is 0 Å². The molecule has 0 heterocycles. The van der Waals surface area contributed by atoms with Crippen LogP contribution >= 0.6 is 11.6 Å². The Hall–Kier alpha value is -2.67. The van der Waals surface area contributed by atoms with E-state index in [0.717, 1.165) is 5.56 Å². The number of sulfonamides is 1. The van der Waals surface area contributed by atoms with Crippen molar-refractivity contribution in [2.45, 2.75) is 11.4 Å². The summed E-state index contributed by atoms with van der Waals surface area (Å²) in [7, 11) is -3.75. The number of carbonyl (C=O) groups excluding carboxylic acids is 1. The number of halogens is 1. The highest BCUT2D eigenvalue weighted by Crippen LogP contribution is 2.17. The number of benzene rings is 3. The van der Waals surface area contributed by atoms with Gasteiger partial charge in [0.25, 0.3) is 5.91 Å². The summed E-state index contributed by atoms with van der Waals surface area (Å²) in [5.41, 5.74) is 1.61. The van der Waals surface area contributed by atoms with Gasteiger partial charge in [-0.05, 0) is 42.0 Å². The van der Waals surface area contributed by atoms with Crippen molar-refractivity contribution in [3.8, 4) is 0 Å². The molecule has 2 N–H and O–H groups in total. The molecule has 0 saturated heterocycles. The van der Waals surface area contributed by atoms with Gasteiger partial charge in [-0.1, -0.05) is 54.1 Å². The molecule has 0 atom stereocenters. The maximum Gasteiger partial charge on any atom is 0.255 e. The van der Waals surface area contributed by atoms with E-state index in [-0.39, 0.29) is 17.0 Å². The number of hydrogen-bond acceptors (Lipinski definition) is 3. The maximum atomic E-state index is 12.5. The summed E-state index contributed by atoms with van der Waals surface area (Å²) in [5.74, 6) is -0.419. The molecule has 0 fully saturated rings. The van der Waals surface area contributed by atoms with Gasteiger partial charge in [0.05, 0.1) is 4.90 Å². The number of anilines is 1. The third-order valence-electron chi connectivity index (χ3n) is 3.80. The zero-order chi connectivity index (χ0) is 19.3. The molecule has 7 heteroatoms. The van der Waals surface area contributed by atoms with Crippen LogP contribution in [0.5, 0.6) is 0 Å². The Morgan fingerprint density at radius 1 is 0.889 bits per heavy atom. The fourth-order valence-electron chi connectivity index (χ4n) is 2.43. The molecule has 138 valence electrons. The Morgan fingerprint density at radius 2 is 1.63 bits per heavy atom. The molecule has 0 spiro atoms. The standard InChI is InChI=1S/C20H17ClN2O3S/c21-17-9-5-10-18(13-17)23-20(24)16-8-4-11-19(12-16)27(25,26)22-14-15-6-2-1-3-7-15/h1-13,22H,14H2,(H,23,24). The molecule has 3 rings (SSSR count). The summed E-state index contributed by atoms with van der Waals surface area (Å²) in [6.07, 6.45) is 0. The summed E-state index contributed by atoms with van der Waals surface area (Å²) < 4.78 is 27.6. The maximum absolute atomic E-state index is 12.5. The zero-order valence-corrected chi connectivity index (χ0v) is 15.8. The van der Waals surface area contributed by atoms with Gasteiger partial charge in [-0.2, -0.15) is 0 Å². The zero-order valence-electron chi connectivity index (χ0n) is 14.2. The van der Waals surface area contributed by atoms with Crippen molar-refractivity contribution in [2.75, 3.05) is 5.32 Å². The average Bonchev–Trinajstić information content (AvgIpc) is 2.67. The molecule has 5 nitrogen and oxygen atoms in total. The summed E-state index contributed by atoms with van der Waals surface area (Å²) in [4.78, 5) is 12.4. The molecule has 0 aliphatic rings. The molecule has 3 aromatic carbocycles. The third kappa shape index (κ3) is 5.17. The van der Waals surface area contributed by atoms with E-state index < -0.39 is 15.9 Å². The van der Waals surface area contributed by atoms with E-state index in [9.17, 15) is 13.2 Å². The first-order valence-electron chi connectivity index (χ1n) is 8.15. The van der Waals surface area contributed by atoms with Crippen molar-refractivity contribution >= 4 is 33.2 Å². The number of carbonyl (C=O) groups is 1. The molecule has 0 aromatic heterocycles. The summed E-state index contributed by atoms with van der Waals surface area (Å²) in [6.45, 7) is 0.169. The van der Waals surface area contributed by atoms with Crippen molar-refractivity contribution in [1.29, 1.82) is 0 Å². The van der Waals surface area contributed by atoms with Crippen LogP contribution in [0, 0.1) is 0 Å². The first kappa shape index (κ1) is 19.1. The number of rotatable bonds is 6. The molecule has 3 aromatic rings. The topological polar surface area (TPSA) is 75.3 Å². The van der Waals surface area contributed by atoms with Crippen LogP contribution < -0.4 is 10.0 Å². The third-order valence-corrected chi connectivity index (χ3v) is 5.43. The van der Waals surface area contributed by atoms with Gasteiger partial charge in [-0.25, -0.2) is 13.1 Å². The number of nitrogens with one attached hydrogen (secondary N) is 2. The second kappa shape index (κ2) is 8.35. The Balaban J connectivity index is 1.74. The van der Waals surface area contributed by atoms with E-state index in [2.05, 4.69) is 10.0 Å². The monoisotopic (exact) mass is 400 g/mol. The van der Waals surface area contributed by atoms with E-state index in [1.54, 1.807) is 30.3 Å². The lowest BCUT2D eigenvalue weighted by Gasteiger charge is -2.09. The molecule has 0 aliphatic heterocycles. The summed E-state index contributed by atoms with van der Waals surface area (Å²) in [5, 5.41) is 3.19. The normalized spacial score (nSPS) is 11.1. The molecule has 27 heavy (non-hydrogen) atoms. The molecule has 0 aliphatic carbocycles. The molecule has 0 unspecified atom stereocenters. The number of amides is 1. The van der Waals surface area contributed by atoms with Crippen molar-refractivity contribution in [1.82, 2.24) is 4.72 Å². The van der Waals surface area contributed by atoms with Crippen LogP contribution in [0.25, 0.3) is 0 Å². The molecule has 0 saturated carbocycles. The van der Waals surface area contributed by atoms with Gasteiger partial charge in [0.1, 0.15) is 0 Å². The minimum Gasteiger partial charge on any atom is -0.322 e. The van der Waals surface area contributed by atoms with Gasteiger partial charge in [-0.3, -0.25) is 4.79 Å². The molecular formula is C20H17ClN2O3S. The van der Waals surface area contributed by atoms with Gasteiger partial charge in [0.15, 0.2) is 0 Å². The van der Waals surface area contributed by atoms with Crippen molar-refractivity contribution in [2.24, 2.45) is 0 Å². The smallest absolute Gasteiger partial charge is 0.255 e. The van der Waals surface area contributed by atoms with Gasteiger partial charge in [0, 0.05) is 22.8 Å². The van der Waals surface area contributed by atoms with Crippen LogP contribution in [0.2, 0.25) is 5.02 Å². The van der Waals surface area contributed by atoms with E-state index in [0.29, 0.717) is 10.7 Å². The molecule has 0 radical (unpaired) electrons. The summed E-state index contributed by atoms with van der Waals surface area (Å²) in [6, 6.07) is 21.8. The van der Waals surface area contributed by atoms with Crippen LogP contribution in [-0.2, 0) is 16.6 Å². The lowest BCUT2D eigenvalue weighted by molar-refractivity contribution is 0.102. The van der Waals surface area contributed by atoms with Gasteiger partial charge in [-0.15, -0.1) is 0 Å². The SMILES string of the molecule is O=C(Nc1cccc(Cl)c1)c1cccc(S(=O)(=O)NCc2ccccc2)c1. The van der Waals surface area contributed by atoms with Crippen LogP contribution in [0.3, 0.4) is 0 Å². The van der Waals surface area contributed by atoms with Gasteiger partial charge < -0.3 is 5.32 Å². The second-order valence-electron chi connectivity index (χ2n) is 5.80. The largest absolute Gasteiger partial charge is 0.322 e. The van der Waals surface area contributed by atoms with Crippen LogP contribution in [-0.4, -0.2) is 14.3 Å². The molecule has 0 bridgehead atoms.